The van der Waals surface area contributed by atoms with Crippen molar-refractivity contribution in [3.63, 3.8) is 0 Å². The molecule has 2 N–H and O–H groups in total. The first kappa shape index (κ1) is 15.0. The van der Waals surface area contributed by atoms with Crippen molar-refractivity contribution in [1.29, 1.82) is 0 Å². The number of nitrogens with two attached hydrogens (primary N) is 1. The molecule has 18 heavy (non-hydrogen) atoms. The number of hydrogen-bond acceptors (Lipinski definition) is 3. The summed E-state index contributed by atoms with van der Waals surface area (Å²) in [6.07, 6.45) is 2.42. The van der Waals surface area contributed by atoms with E-state index < -0.39 is 0 Å². The summed E-state index contributed by atoms with van der Waals surface area (Å²) in [4.78, 5) is 2.34. The monoisotopic (exact) mass is 250 g/mol. The van der Waals surface area contributed by atoms with Crippen LogP contribution in [-0.2, 0) is 0 Å². The second kappa shape index (κ2) is 7.39. The van der Waals surface area contributed by atoms with Gasteiger partial charge in [0.25, 0.3) is 0 Å². The van der Waals surface area contributed by atoms with Crippen LogP contribution in [0.25, 0.3) is 0 Å². The highest BCUT2D eigenvalue weighted by Crippen LogP contribution is 2.25. The molecule has 0 aromatic heterocycles. The molecule has 0 fully saturated rings. The minimum absolute atomic E-state index is 0.293. The Morgan fingerprint density at radius 3 is 2.61 bits per heavy atom. The number of ether oxygens (including phenoxy) is 1. The van der Waals surface area contributed by atoms with Crippen molar-refractivity contribution in [3.8, 4) is 5.75 Å². The lowest BCUT2D eigenvalue weighted by molar-refractivity contribution is 0.246. The van der Waals surface area contributed by atoms with Crippen molar-refractivity contribution < 1.29 is 4.74 Å². The van der Waals surface area contributed by atoms with Gasteiger partial charge in [-0.2, -0.15) is 0 Å². The molecule has 0 heterocycles. The Morgan fingerprint density at radius 2 is 2.11 bits per heavy atom. The zero-order valence-corrected chi connectivity index (χ0v) is 12.1. The van der Waals surface area contributed by atoms with Gasteiger partial charge in [0, 0.05) is 12.6 Å². The summed E-state index contributed by atoms with van der Waals surface area (Å²) < 4.78 is 5.29. The summed E-state index contributed by atoms with van der Waals surface area (Å²) in [6, 6.07) is 6.62. The average molecular weight is 250 g/mol. The predicted octanol–water partition coefficient (Wildman–Crippen LogP) is 2.74. The molecule has 102 valence electrons. The molecule has 0 aliphatic rings. The molecular formula is C15H26N2O. The molecule has 3 heteroatoms. The zero-order chi connectivity index (χ0) is 13.5. The molecule has 1 aromatic carbocycles. The molecule has 0 bridgehead atoms. The lowest BCUT2D eigenvalue weighted by Gasteiger charge is -2.27. The molecule has 0 saturated carbocycles. The number of rotatable bonds is 7. The van der Waals surface area contributed by atoms with Crippen molar-refractivity contribution in [2.45, 2.75) is 32.7 Å². The van der Waals surface area contributed by atoms with Gasteiger partial charge in [-0.3, -0.25) is 4.90 Å². The van der Waals surface area contributed by atoms with Crippen LogP contribution in [0, 0.1) is 6.92 Å². The van der Waals surface area contributed by atoms with Crippen molar-refractivity contribution in [1.82, 2.24) is 4.90 Å². The van der Waals surface area contributed by atoms with Gasteiger partial charge in [0.15, 0.2) is 0 Å². The predicted molar refractivity (Wildman–Crippen MR) is 77.1 cm³/mol. The van der Waals surface area contributed by atoms with Gasteiger partial charge in [0.05, 0.1) is 7.11 Å². The standard InChI is InChI=1S/C15H26N2O/c1-5-6-9-17(3)14(11-16)13-7-8-15(18-4)12(2)10-13/h7-8,10,14H,5-6,9,11,16H2,1-4H3. The van der Waals surface area contributed by atoms with Gasteiger partial charge >= 0.3 is 0 Å². The third-order valence-corrected chi connectivity index (χ3v) is 3.42. The molecule has 1 rings (SSSR count). The maximum absolute atomic E-state index is 5.93. The SMILES string of the molecule is CCCCN(C)C(CN)c1ccc(OC)c(C)c1. The van der Waals surface area contributed by atoms with Crippen LogP contribution in [0.4, 0.5) is 0 Å². The van der Waals surface area contributed by atoms with Crippen molar-refractivity contribution in [2.24, 2.45) is 5.73 Å². The summed E-state index contributed by atoms with van der Waals surface area (Å²) in [5.74, 6) is 0.936. The summed E-state index contributed by atoms with van der Waals surface area (Å²) in [7, 11) is 3.85. The lowest BCUT2D eigenvalue weighted by Crippen LogP contribution is -2.31. The van der Waals surface area contributed by atoms with Gasteiger partial charge in [-0.25, -0.2) is 0 Å². The Morgan fingerprint density at radius 1 is 1.39 bits per heavy atom. The normalized spacial score (nSPS) is 12.8. The van der Waals surface area contributed by atoms with Gasteiger partial charge < -0.3 is 10.5 Å². The van der Waals surface area contributed by atoms with E-state index in [1.54, 1.807) is 7.11 Å². The number of hydrogen-bond donors (Lipinski definition) is 1. The molecule has 0 amide bonds. The number of methoxy groups -OCH3 is 1. The second-order valence-corrected chi connectivity index (χ2v) is 4.81. The highest BCUT2D eigenvalue weighted by Gasteiger charge is 2.15. The van der Waals surface area contributed by atoms with Crippen LogP contribution in [0.2, 0.25) is 0 Å². The maximum Gasteiger partial charge on any atom is 0.121 e. The number of benzene rings is 1. The van der Waals surface area contributed by atoms with Crippen LogP contribution in [0.5, 0.6) is 5.75 Å². The van der Waals surface area contributed by atoms with Gasteiger partial charge in [-0.05, 0) is 44.1 Å². The molecule has 0 saturated heterocycles. The average Bonchev–Trinajstić information content (AvgIpc) is 2.37. The second-order valence-electron chi connectivity index (χ2n) is 4.81. The van der Waals surface area contributed by atoms with Gasteiger partial charge in [0.1, 0.15) is 5.75 Å². The van der Waals surface area contributed by atoms with Crippen LogP contribution in [0.3, 0.4) is 0 Å². The van der Waals surface area contributed by atoms with Crippen LogP contribution >= 0.6 is 0 Å². The Bertz CT molecular complexity index is 366. The fourth-order valence-electron chi connectivity index (χ4n) is 2.24. The van der Waals surface area contributed by atoms with E-state index in [0.717, 1.165) is 17.9 Å². The van der Waals surface area contributed by atoms with Gasteiger partial charge in [-0.1, -0.05) is 25.5 Å². The molecule has 0 spiro atoms. The molecule has 3 nitrogen and oxygen atoms in total. The highest BCUT2D eigenvalue weighted by molar-refractivity contribution is 5.37. The molecule has 0 aliphatic heterocycles. The van der Waals surface area contributed by atoms with Crippen molar-refractivity contribution in [3.05, 3.63) is 29.3 Å². The molecule has 1 aromatic rings. The van der Waals surface area contributed by atoms with Crippen LogP contribution < -0.4 is 10.5 Å². The van der Waals surface area contributed by atoms with Gasteiger partial charge in [-0.15, -0.1) is 0 Å². The van der Waals surface area contributed by atoms with E-state index in [9.17, 15) is 0 Å². The number of aryl methyl sites for hydroxylation is 1. The fourth-order valence-corrected chi connectivity index (χ4v) is 2.24. The van der Waals surface area contributed by atoms with Crippen LogP contribution in [-0.4, -0.2) is 32.1 Å². The molecule has 0 radical (unpaired) electrons. The Balaban J connectivity index is 2.84. The van der Waals surface area contributed by atoms with Crippen molar-refractivity contribution in [2.75, 3.05) is 27.2 Å². The third-order valence-electron chi connectivity index (χ3n) is 3.42. The zero-order valence-electron chi connectivity index (χ0n) is 12.1. The highest BCUT2D eigenvalue weighted by atomic mass is 16.5. The van der Waals surface area contributed by atoms with E-state index in [1.807, 2.05) is 6.07 Å². The first-order valence-electron chi connectivity index (χ1n) is 6.68. The maximum atomic E-state index is 5.93. The molecular weight excluding hydrogens is 224 g/mol. The van der Waals surface area contributed by atoms with Gasteiger partial charge in [0.2, 0.25) is 0 Å². The Labute approximate surface area is 111 Å². The van der Waals surface area contributed by atoms with E-state index in [1.165, 1.54) is 18.4 Å². The Kier molecular flexibility index (Phi) is 6.16. The molecule has 1 atom stereocenters. The van der Waals surface area contributed by atoms with E-state index in [4.69, 9.17) is 10.5 Å². The fraction of sp³-hybridized carbons (Fsp3) is 0.600. The van der Waals surface area contributed by atoms with Crippen LogP contribution in [0.15, 0.2) is 18.2 Å². The van der Waals surface area contributed by atoms with E-state index in [0.29, 0.717) is 12.6 Å². The minimum Gasteiger partial charge on any atom is -0.496 e. The first-order chi connectivity index (χ1) is 8.63. The topological polar surface area (TPSA) is 38.5 Å². The van der Waals surface area contributed by atoms with Crippen molar-refractivity contribution >= 4 is 0 Å². The van der Waals surface area contributed by atoms with E-state index in [2.05, 4.69) is 37.9 Å². The summed E-state index contributed by atoms with van der Waals surface area (Å²) in [5, 5.41) is 0. The summed E-state index contributed by atoms with van der Waals surface area (Å²) in [6.45, 7) is 6.01. The lowest BCUT2D eigenvalue weighted by atomic mass is 10.0. The smallest absolute Gasteiger partial charge is 0.121 e. The third kappa shape index (κ3) is 3.72. The minimum atomic E-state index is 0.293. The first-order valence-corrected chi connectivity index (χ1v) is 6.68. The number of likely N-dealkylation sites (N-methyl/N-ethyl adjacent to an activating group) is 1. The summed E-state index contributed by atoms with van der Waals surface area (Å²) in [5.41, 5.74) is 8.36. The van der Waals surface area contributed by atoms with E-state index in [-0.39, 0.29) is 0 Å². The molecule has 0 aliphatic carbocycles. The van der Waals surface area contributed by atoms with Crippen LogP contribution in [0.1, 0.15) is 36.9 Å². The van der Waals surface area contributed by atoms with E-state index >= 15 is 0 Å². The largest absolute Gasteiger partial charge is 0.496 e. The Hall–Kier alpha value is -1.06. The number of unbranched alkanes of at least 4 members (excludes halogenated alkanes) is 1. The summed E-state index contributed by atoms with van der Waals surface area (Å²) >= 11 is 0. The molecule has 1 unspecified atom stereocenters. The number of nitrogens with zero attached hydrogens (tertiary/aromatic N) is 1. The quantitative estimate of drug-likeness (QED) is 0.808.